The summed E-state index contributed by atoms with van der Waals surface area (Å²) in [7, 11) is 2.03. The number of nitrogens with zero attached hydrogens (tertiary/aromatic N) is 3. The zero-order valence-corrected chi connectivity index (χ0v) is 25.0. The predicted molar refractivity (Wildman–Crippen MR) is 156 cm³/mol. The van der Waals surface area contributed by atoms with Gasteiger partial charge in [0, 0.05) is 42.1 Å². The fourth-order valence-corrected chi connectivity index (χ4v) is 8.11. The summed E-state index contributed by atoms with van der Waals surface area (Å²) in [5.41, 5.74) is 2.79. The number of nitrogens with one attached hydrogen (secondary N) is 2. The molecule has 7 rings (SSSR count). The van der Waals surface area contributed by atoms with Crippen molar-refractivity contribution in [2.75, 3.05) is 20.1 Å². The quantitative estimate of drug-likeness (QED) is 0.504. The molecule has 1 aliphatic carbocycles. The molecule has 0 saturated carbocycles. The number of amides is 3. The van der Waals surface area contributed by atoms with Crippen molar-refractivity contribution in [3.8, 4) is 0 Å². The normalized spacial score (nSPS) is 34.9. The number of H-pyrrole nitrogens is 1. The first kappa shape index (κ1) is 27.6. The van der Waals surface area contributed by atoms with Gasteiger partial charge in [-0.3, -0.25) is 28.9 Å². The van der Waals surface area contributed by atoms with Crippen LogP contribution in [0.4, 0.5) is 0 Å². The molecule has 10 heteroatoms. The Labute approximate surface area is 246 Å². The minimum Gasteiger partial charge on any atom is -0.361 e. The van der Waals surface area contributed by atoms with Crippen molar-refractivity contribution in [2.24, 2.45) is 17.8 Å². The second-order valence-electron chi connectivity index (χ2n) is 13.3. The van der Waals surface area contributed by atoms with Gasteiger partial charge in [-0.25, -0.2) is 0 Å². The molecule has 4 aliphatic heterocycles. The zero-order valence-electron chi connectivity index (χ0n) is 25.0. The van der Waals surface area contributed by atoms with Crippen molar-refractivity contribution < 1.29 is 24.2 Å². The van der Waals surface area contributed by atoms with E-state index in [4.69, 9.17) is 4.74 Å². The summed E-state index contributed by atoms with van der Waals surface area (Å²) in [5.74, 6) is -4.28. The number of rotatable bonds is 5. The molecule has 5 heterocycles. The van der Waals surface area contributed by atoms with Gasteiger partial charge in [0.15, 0.2) is 0 Å². The van der Waals surface area contributed by atoms with Gasteiger partial charge in [0.25, 0.3) is 11.8 Å². The lowest BCUT2D eigenvalue weighted by molar-refractivity contribution is -0.324. The lowest BCUT2D eigenvalue weighted by Crippen LogP contribution is -2.72. The molecule has 0 spiro atoms. The third-order valence-corrected chi connectivity index (χ3v) is 10.6. The number of hydrogen-bond donors (Lipinski definition) is 3. The number of carbonyl (C=O) groups is 3. The third-order valence-electron chi connectivity index (χ3n) is 10.6. The maximum Gasteiger partial charge on any atom is 0.281 e. The van der Waals surface area contributed by atoms with E-state index in [1.807, 2.05) is 46.9 Å². The maximum atomic E-state index is 14.4. The monoisotopic (exact) mass is 575 g/mol. The third kappa shape index (κ3) is 3.58. The number of aliphatic hydroxyl groups is 1. The SMILES string of the molecule is CC[C@H](C)[C@@H]1C(=O)N2CCC[C@H]2[C@]2(O)O[C@](NC(=O)[C@@H]3C=C4c5cccc6[nH]cc(c56)C[C@H]4N(C)C3)(C(C)C)C(=O)N12. The molecule has 0 radical (unpaired) electrons. The van der Waals surface area contributed by atoms with Crippen LogP contribution in [0.25, 0.3) is 16.5 Å². The summed E-state index contributed by atoms with van der Waals surface area (Å²) in [4.78, 5) is 50.8. The number of carbonyl (C=O) groups excluding carboxylic acids is 3. The Hall–Kier alpha value is -3.21. The van der Waals surface area contributed by atoms with Gasteiger partial charge in [-0.05, 0) is 55.0 Å². The molecule has 3 N–H and O–H groups in total. The lowest BCUT2D eigenvalue weighted by Gasteiger charge is -2.50. The number of benzene rings is 1. The molecule has 10 nitrogen and oxygen atoms in total. The van der Waals surface area contributed by atoms with E-state index in [9.17, 15) is 19.5 Å². The average molecular weight is 576 g/mol. The van der Waals surface area contributed by atoms with Crippen molar-refractivity contribution >= 4 is 34.2 Å². The predicted octanol–water partition coefficient (Wildman–Crippen LogP) is 2.43. The second kappa shape index (κ2) is 9.39. The van der Waals surface area contributed by atoms with Crippen molar-refractivity contribution in [1.82, 2.24) is 25.0 Å². The lowest BCUT2D eigenvalue weighted by atomic mass is 9.79. The molecule has 0 bridgehead atoms. The Balaban J connectivity index is 1.25. The van der Waals surface area contributed by atoms with E-state index >= 15 is 0 Å². The number of piperazine rings is 1. The van der Waals surface area contributed by atoms with E-state index in [2.05, 4.69) is 33.5 Å². The van der Waals surface area contributed by atoms with Crippen LogP contribution >= 0.6 is 0 Å². The molecule has 3 amide bonds. The fraction of sp³-hybridized carbons (Fsp3) is 0.594. The number of likely N-dealkylation sites (N-methyl/N-ethyl adjacent to an activating group) is 1. The Morgan fingerprint density at radius 1 is 1.26 bits per heavy atom. The first-order valence-electron chi connectivity index (χ1n) is 15.4. The molecule has 1 aromatic carbocycles. The largest absolute Gasteiger partial charge is 0.361 e. The molecule has 224 valence electrons. The van der Waals surface area contributed by atoms with Crippen LogP contribution in [0.15, 0.2) is 30.5 Å². The molecule has 3 saturated heterocycles. The number of fused-ring (bicyclic) bond motifs is 5. The van der Waals surface area contributed by atoms with Crippen LogP contribution in [-0.4, -0.2) is 92.4 Å². The smallest absolute Gasteiger partial charge is 0.281 e. The minimum absolute atomic E-state index is 0.150. The van der Waals surface area contributed by atoms with Crippen molar-refractivity contribution in [1.29, 1.82) is 0 Å². The molecule has 3 fully saturated rings. The van der Waals surface area contributed by atoms with Gasteiger partial charge in [-0.15, -0.1) is 0 Å². The van der Waals surface area contributed by atoms with E-state index in [1.165, 1.54) is 15.8 Å². The minimum atomic E-state index is -2.01. The number of aromatic nitrogens is 1. The standard InChI is InChI=1S/C32H41N5O5/c1-6-18(4)27-29(39)36-12-8-11-25(36)32(41)37(27)30(40)31(42-32,17(2)3)34-28(38)20-13-22-21-9-7-10-23-26(21)19(15-33-23)14-24(22)35(5)16-20/h7,9-10,13,15,17-18,20,24-25,27,33,41H,6,8,11-12,14,16H2,1-5H3,(H,34,38)/t18-,20+,24+,25-,27+,31+,32-/m0/s1. The molecule has 42 heavy (non-hydrogen) atoms. The van der Waals surface area contributed by atoms with Crippen LogP contribution < -0.4 is 5.32 Å². The maximum absolute atomic E-state index is 14.4. The van der Waals surface area contributed by atoms with Gasteiger partial charge in [0.1, 0.15) is 12.1 Å². The zero-order chi connectivity index (χ0) is 29.7. The van der Waals surface area contributed by atoms with E-state index in [1.54, 1.807) is 4.90 Å². The van der Waals surface area contributed by atoms with Crippen molar-refractivity contribution in [3.05, 3.63) is 41.6 Å². The van der Waals surface area contributed by atoms with Crippen molar-refractivity contribution in [2.45, 2.75) is 83.1 Å². The molecule has 0 unspecified atom stereocenters. The summed E-state index contributed by atoms with van der Waals surface area (Å²) in [6.45, 7) is 8.50. The van der Waals surface area contributed by atoms with E-state index in [0.717, 1.165) is 29.5 Å². The van der Waals surface area contributed by atoms with Gasteiger partial charge < -0.3 is 20.3 Å². The van der Waals surface area contributed by atoms with Crippen LogP contribution in [0.1, 0.15) is 58.1 Å². The second-order valence-corrected chi connectivity index (χ2v) is 13.3. The highest BCUT2D eigenvalue weighted by Gasteiger charge is 2.72. The summed E-state index contributed by atoms with van der Waals surface area (Å²) < 4.78 is 6.45. The number of aromatic amines is 1. The van der Waals surface area contributed by atoms with Gasteiger partial charge in [-0.1, -0.05) is 52.3 Å². The Bertz CT molecular complexity index is 1520. The summed E-state index contributed by atoms with van der Waals surface area (Å²) in [5, 5.41) is 16.4. The molecule has 5 aliphatic rings. The topological polar surface area (TPSA) is 118 Å². The molecule has 2 aromatic rings. The van der Waals surface area contributed by atoms with Gasteiger partial charge in [0.05, 0.1) is 5.92 Å². The first-order chi connectivity index (χ1) is 20.0. The highest BCUT2D eigenvalue weighted by atomic mass is 16.7. The summed E-state index contributed by atoms with van der Waals surface area (Å²) in [6, 6.07) is 4.82. The van der Waals surface area contributed by atoms with Crippen LogP contribution in [-0.2, 0) is 25.5 Å². The first-order valence-corrected chi connectivity index (χ1v) is 15.4. The van der Waals surface area contributed by atoms with E-state index < -0.39 is 41.5 Å². The summed E-state index contributed by atoms with van der Waals surface area (Å²) >= 11 is 0. The number of hydrogen-bond acceptors (Lipinski definition) is 6. The Morgan fingerprint density at radius 2 is 2.05 bits per heavy atom. The highest BCUT2D eigenvalue weighted by Crippen LogP contribution is 2.49. The van der Waals surface area contributed by atoms with Crippen LogP contribution in [0, 0.1) is 17.8 Å². The van der Waals surface area contributed by atoms with Gasteiger partial charge in [-0.2, -0.15) is 0 Å². The van der Waals surface area contributed by atoms with Crippen molar-refractivity contribution in [3.63, 3.8) is 0 Å². The molecular formula is C32H41N5O5. The van der Waals surface area contributed by atoms with E-state index in [0.29, 0.717) is 25.9 Å². The molecular weight excluding hydrogens is 534 g/mol. The Kier molecular flexibility index (Phi) is 6.18. The summed E-state index contributed by atoms with van der Waals surface area (Å²) in [6.07, 6.45) is 6.87. The van der Waals surface area contributed by atoms with Crippen LogP contribution in [0.3, 0.4) is 0 Å². The Morgan fingerprint density at radius 3 is 2.79 bits per heavy atom. The average Bonchev–Trinajstić information content (AvgIpc) is 3.68. The number of ether oxygens (including phenoxy) is 1. The van der Waals surface area contributed by atoms with Gasteiger partial charge >= 0.3 is 0 Å². The highest BCUT2D eigenvalue weighted by molar-refractivity contribution is 6.01. The molecule has 7 atom stereocenters. The van der Waals surface area contributed by atoms with Gasteiger partial charge in [0.2, 0.25) is 17.5 Å². The fourth-order valence-electron chi connectivity index (χ4n) is 8.11. The van der Waals surface area contributed by atoms with E-state index in [-0.39, 0.29) is 23.8 Å². The molecule has 1 aromatic heterocycles. The van der Waals surface area contributed by atoms with Crippen LogP contribution in [0.5, 0.6) is 0 Å². The van der Waals surface area contributed by atoms with Crippen LogP contribution in [0.2, 0.25) is 0 Å².